The quantitative estimate of drug-likeness (QED) is 0.842. The Morgan fingerprint density at radius 1 is 1.28 bits per heavy atom. The molecule has 4 heteroatoms. The number of thioether (sulfide) groups is 1. The van der Waals surface area contributed by atoms with Crippen LogP contribution in [0.15, 0.2) is 41.4 Å². The maximum atomic E-state index is 10.1. The summed E-state index contributed by atoms with van der Waals surface area (Å²) in [6, 6.07) is 10.1. The van der Waals surface area contributed by atoms with Gasteiger partial charge in [-0.3, -0.25) is 4.68 Å². The minimum Gasteiger partial charge on any atom is -0.388 e. The van der Waals surface area contributed by atoms with Crippen LogP contribution in [0.3, 0.4) is 0 Å². The molecule has 0 aliphatic rings. The topological polar surface area (TPSA) is 38.1 Å². The van der Waals surface area contributed by atoms with Crippen LogP contribution in [0.1, 0.15) is 23.8 Å². The van der Waals surface area contributed by atoms with Gasteiger partial charge in [-0.15, -0.1) is 11.8 Å². The maximum absolute atomic E-state index is 10.1. The van der Waals surface area contributed by atoms with Gasteiger partial charge in [0.1, 0.15) is 0 Å². The lowest BCUT2D eigenvalue weighted by atomic mass is 10.0. The summed E-state index contributed by atoms with van der Waals surface area (Å²) >= 11 is 1.71. The van der Waals surface area contributed by atoms with Crippen LogP contribution in [0.25, 0.3) is 0 Å². The first-order chi connectivity index (χ1) is 8.70. The van der Waals surface area contributed by atoms with Gasteiger partial charge >= 0.3 is 0 Å². The van der Waals surface area contributed by atoms with E-state index >= 15 is 0 Å². The highest BCUT2D eigenvalue weighted by atomic mass is 32.2. The average Bonchev–Trinajstić information content (AvgIpc) is 2.81. The fourth-order valence-electron chi connectivity index (χ4n) is 1.92. The minimum absolute atomic E-state index is 0.407. The van der Waals surface area contributed by atoms with Gasteiger partial charge in [-0.25, -0.2) is 0 Å². The molecule has 0 amide bonds. The molecule has 0 saturated carbocycles. The molecule has 18 heavy (non-hydrogen) atoms. The lowest BCUT2D eigenvalue weighted by molar-refractivity contribution is 0.167. The molecule has 2 aromatic rings. The second-order valence-electron chi connectivity index (χ2n) is 4.27. The van der Waals surface area contributed by atoms with Crippen molar-refractivity contribution in [1.29, 1.82) is 0 Å². The summed E-state index contributed by atoms with van der Waals surface area (Å²) in [6.07, 6.45) is 4.99. The van der Waals surface area contributed by atoms with Crippen LogP contribution < -0.4 is 0 Å². The van der Waals surface area contributed by atoms with Crippen molar-refractivity contribution in [3.63, 3.8) is 0 Å². The van der Waals surface area contributed by atoms with Crippen molar-refractivity contribution in [3.8, 4) is 0 Å². The summed E-state index contributed by atoms with van der Waals surface area (Å²) in [6.45, 7) is 0. The second kappa shape index (κ2) is 6.07. The van der Waals surface area contributed by atoms with Crippen molar-refractivity contribution in [2.45, 2.75) is 23.8 Å². The summed E-state index contributed by atoms with van der Waals surface area (Å²) in [7, 11) is 1.93. The van der Waals surface area contributed by atoms with Gasteiger partial charge in [-0.2, -0.15) is 5.10 Å². The smallest absolute Gasteiger partial charge is 0.0793 e. The summed E-state index contributed by atoms with van der Waals surface area (Å²) in [5.74, 6) is 0. The van der Waals surface area contributed by atoms with E-state index in [-0.39, 0.29) is 0 Å². The van der Waals surface area contributed by atoms with E-state index in [2.05, 4.69) is 5.10 Å². The third-order valence-electron chi connectivity index (χ3n) is 3.10. The molecular formula is C14H18N2OS. The first-order valence-electron chi connectivity index (χ1n) is 5.99. The van der Waals surface area contributed by atoms with E-state index in [1.54, 1.807) is 18.0 Å². The molecule has 96 valence electrons. The van der Waals surface area contributed by atoms with Crippen molar-refractivity contribution in [2.24, 2.45) is 7.05 Å². The Morgan fingerprint density at radius 2 is 2.00 bits per heavy atom. The van der Waals surface area contributed by atoms with E-state index in [1.165, 1.54) is 4.90 Å². The van der Waals surface area contributed by atoms with Crippen LogP contribution in [0.5, 0.6) is 0 Å². The van der Waals surface area contributed by atoms with Gasteiger partial charge in [0, 0.05) is 23.8 Å². The lowest BCUT2D eigenvalue weighted by Gasteiger charge is -2.11. The van der Waals surface area contributed by atoms with Gasteiger partial charge in [0.25, 0.3) is 0 Å². The summed E-state index contributed by atoms with van der Waals surface area (Å²) in [5.41, 5.74) is 2.13. The number of aliphatic hydroxyl groups is 1. The van der Waals surface area contributed by atoms with Gasteiger partial charge in [-0.05, 0) is 42.9 Å². The lowest BCUT2D eigenvalue weighted by Crippen LogP contribution is -2.03. The van der Waals surface area contributed by atoms with Crippen molar-refractivity contribution >= 4 is 11.8 Å². The molecule has 3 nitrogen and oxygen atoms in total. The molecule has 0 aliphatic heterocycles. The number of rotatable bonds is 5. The van der Waals surface area contributed by atoms with Crippen molar-refractivity contribution in [2.75, 3.05) is 6.26 Å². The van der Waals surface area contributed by atoms with Crippen LogP contribution in [0.2, 0.25) is 0 Å². The van der Waals surface area contributed by atoms with Gasteiger partial charge in [0.15, 0.2) is 0 Å². The molecule has 1 unspecified atom stereocenters. The highest BCUT2D eigenvalue weighted by Crippen LogP contribution is 2.22. The number of aryl methyl sites for hydroxylation is 2. The third-order valence-corrected chi connectivity index (χ3v) is 3.84. The van der Waals surface area contributed by atoms with E-state index in [0.717, 1.165) is 24.1 Å². The standard InChI is InChI=1S/C14H18N2OS/c1-16-12(9-10-15-16)5-8-14(17)11-3-6-13(18-2)7-4-11/h3-4,6-7,9-10,14,17H,5,8H2,1-2H3. The molecule has 1 aromatic carbocycles. The first-order valence-corrected chi connectivity index (χ1v) is 7.22. The summed E-state index contributed by atoms with van der Waals surface area (Å²) in [4.78, 5) is 1.22. The zero-order valence-corrected chi connectivity index (χ0v) is 11.5. The number of aromatic nitrogens is 2. The molecule has 1 atom stereocenters. The molecule has 1 N–H and O–H groups in total. The average molecular weight is 262 g/mol. The maximum Gasteiger partial charge on any atom is 0.0793 e. The van der Waals surface area contributed by atoms with Gasteiger partial charge in [-0.1, -0.05) is 12.1 Å². The number of aliphatic hydroxyl groups excluding tert-OH is 1. The number of nitrogens with zero attached hydrogens (tertiary/aromatic N) is 2. The van der Waals surface area contributed by atoms with E-state index in [9.17, 15) is 5.11 Å². The first kappa shape index (κ1) is 13.2. The zero-order valence-electron chi connectivity index (χ0n) is 10.7. The monoisotopic (exact) mass is 262 g/mol. The van der Waals surface area contributed by atoms with E-state index < -0.39 is 6.10 Å². The Bertz CT molecular complexity index is 493. The van der Waals surface area contributed by atoms with Crippen LogP contribution in [0, 0.1) is 0 Å². The SMILES string of the molecule is CSc1ccc(C(O)CCc2ccnn2C)cc1. The molecule has 0 radical (unpaired) electrons. The Hall–Kier alpha value is -1.26. The predicted octanol–water partition coefficient (Wildman–Crippen LogP) is 2.81. The highest BCUT2D eigenvalue weighted by molar-refractivity contribution is 7.98. The highest BCUT2D eigenvalue weighted by Gasteiger charge is 2.09. The van der Waals surface area contributed by atoms with Crippen molar-refractivity contribution in [3.05, 3.63) is 47.8 Å². The third kappa shape index (κ3) is 3.15. The van der Waals surface area contributed by atoms with Crippen molar-refractivity contribution in [1.82, 2.24) is 9.78 Å². The van der Waals surface area contributed by atoms with E-state index in [4.69, 9.17) is 0 Å². The van der Waals surface area contributed by atoms with E-state index in [0.29, 0.717) is 0 Å². The fraction of sp³-hybridized carbons (Fsp3) is 0.357. The zero-order chi connectivity index (χ0) is 13.0. The Kier molecular flexibility index (Phi) is 4.44. The molecular weight excluding hydrogens is 244 g/mol. The number of hydrogen-bond acceptors (Lipinski definition) is 3. The molecule has 0 aliphatic carbocycles. The molecule has 2 rings (SSSR count). The molecule has 1 heterocycles. The number of benzene rings is 1. The normalized spacial score (nSPS) is 12.6. The number of hydrogen-bond donors (Lipinski definition) is 1. The van der Waals surface area contributed by atoms with Crippen LogP contribution >= 0.6 is 11.8 Å². The van der Waals surface area contributed by atoms with Crippen molar-refractivity contribution < 1.29 is 5.11 Å². The Morgan fingerprint density at radius 3 is 2.56 bits per heavy atom. The van der Waals surface area contributed by atoms with E-state index in [1.807, 2.05) is 48.3 Å². The molecule has 0 saturated heterocycles. The predicted molar refractivity (Wildman–Crippen MR) is 74.7 cm³/mol. The van der Waals surface area contributed by atoms with Gasteiger partial charge < -0.3 is 5.11 Å². The molecule has 0 fully saturated rings. The Labute approximate surface area is 112 Å². The molecule has 1 aromatic heterocycles. The minimum atomic E-state index is -0.407. The van der Waals surface area contributed by atoms with Crippen LogP contribution in [0.4, 0.5) is 0 Å². The fourth-order valence-corrected chi connectivity index (χ4v) is 2.33. The molecule has 0 spiro atoms. The van der Waals surface area contributed by atoms with Gasteiger partial charge in [0.2, 0.25) is 0 Å². The second-order valence-corrected chi connectivity index (χ2v) is 5.15. The summed E-state index contributed by atoms with van der Waals surface area (Å²) < 4.78 is 1.85. The Balaban J connectivity index is 1.94. The summed E-state index contributed by atoms with van der Waals surface area (Å²) in [5, 5.41) is 14.3. The molecule has 0 bridgehead atoms. The largest absolute Gasteiger partial charge is 0.388 e. The van der Waals surface area contributed by atoms with Crippen LogP contribution in [-0.2, 0) is 13.5 Å². The van der Waals surface area contributed by atoms with Gasteiger partial charge in [0.05, 0.1) is 6.10 Å². The van der Waals surface area contributed by atoms with Crippen LogP contribution in [-0.4, -0.2) is 21.1 Å².